The van der Waals surface area contributed by atoms with E-state index in [1.807, 2.05) is 30.3 Å². The summed E-state index contributed by atoms with van der Waals surface area (Å²) >= 11 is 18.7. The normalized spacial score (nSPS) is 10.8. The zero-order chi connectivity index (χ0) is 13.7. The fourth-order valence-corrected chi connectivity index (χ4v) is 3.05. The fraction of sp³-hybridized carbons (Fsp3) is 0. The number of thiocarbonyl (C=S) groups is 1. The number of aliphatic imine (C=N–C) groups is 1. The minimum Gasteiger partial charge on any atom is -0.256 e. The monoisotopic (exact) mass is 325 g/mol. The molecule has 0 saturated carbocycles. The van der Waals surface area contributed by atoms with E-state index in [1.165, 1.54) is 23.3 Å². The van der Waals surface area contributed by atoms with Gasteiger partial charge in [-0.2, -0.15) is 0 Å². The Balaban J connectivity index is 2.32. The van der Waals surface area contributed by atoms with Crippen molar-refractivity contribution in [2.45, 2.75) is 9.79 Å². The highest BCUT2D eigenvalue weighted by molar-refractivity contribution is 7.99. The average Bonchev–Trinajstić information content (AvgIpc) is 2.42. The molecular weight excluding hydrogens is 317 g/mol. The average molecular weight is 326 g/mol. The molecule has 0 fully saturated rings. The fourth-order valence-electron chi connectivity index (χ4n) is 1.44. The number of halogens is 2. The van der Waals surface area contributed by atoms with E-state index in [0.717, 1.165) is 9.79 Å². The summed E-state index contributed by atoms with van der Waals surface area (Å²) in [7, 11) is 0. The van der Waals surface area contributed by atoms with E-state index in [2.05, 4.69) is 17.2 Å². The lowest BCUT2D eigenvalue weighted by Crippen LogP contribution is -1.79. The quantitative estimate of drug-likeness (QED) is 0.516. The number of rotatable bonds is 4. The predicted octanol–water partition coefficient (Wildman–Crippen LogP) is 5.85. The van der Waals surface area contributed by atoms with Crippen LogP contribution in [0.15, 0.2) is 57.2 Å². The van der Waals surface area contributed by atoms with Crippen molar-refractivity contribution in [1.29, 1.82) is 0 Å². The van der Waals surface area contributed by atoms with Crippen LogP contribution in [-0.2, 0) is 0 Å². The van der Waals surface area contributed by atoms with Gasteiger partial charge in [0, 0.05) is 21.4 Å². The van der Waals surface area contributed by atoms with Crippen molar-refractivity contribution in [3.8, 4) is 0 Å². The van der Waals surface area contributed by atoms with Crippen molar-refractivity contribution in [2.24, 2.45) is 4.99 Å². The lowest BCUT2D eigenvalue weighted by atomic mass is 10.3. The van der Waals surface area contributed by atoms with Gasteiger partial charge in [-0.15, -0.1) is 0 Å². The van der Waals surface area contributed by atoms with Crippen LogP contribution in [0.25, 0.3) is 0 Å². The summed E-state index contributed by atoms with van der Waals surface area (Å²) in [5.41, 5.74) is 0.688. The maximum Gasteiger partial charge on any atom is 0.0660 e. The Morgan fingerprint density at radius 3 is 2.26 bits per heavy atom. The number of benzene rings is 2. The van der Waals surface area contributed by atoms with Gasteiger partial charge in [-0.1, -0.05) is 65.4 Å². The van der Waals surface area contributed by atoms with Crippen molar-refractivity contribution < 1.29 is 0 Å². The first kappa shape index (κ1) is 14.5. The van der Waals surface area contributed by atoms with Gasteiger partial charge in [-0.05, 0) is 24.3 Å². The molecule has 0 atom stereocenters. The molecule has 1 nitrogen and oxygen atoms in total. The zero-order valence-corrected chi connectivity index (χ0v) is 12.9. The smallest absolute Gasteiger partial charge is 0.0660 e. The van der Waals surface area contributed by atoms with Gasteiger partial charge in [0.15, 0.2) is 0 Å². The lowest BCUT2D eigenvalue weighted by Gasteiger charge is -2.07. The third kappa shape index (κ3) is 4.05. The van der Waals surface area contributed by atoms with Crippen LogP contribution >= 0.6 is 47.2 Å². The van der Waals surface area contributed by atoms with Crippen LogP contribution in [0.3, 0.4) is 0 Å². The third-order valence-electron chi connectivity index (χ3n) is 2.23. The molecule has 0 N–H and O–H groups in total. The summed E-state index contributed by atoms with van der Waals surface area (Å²) in [5.74, 6) is 0. The largest absolute Gasteiger partial charge is 0.256 e. The van der Waals surface area contributed by atoms with E-state index in [0.29, 0.717) is 15.7 Å². The molecule has 2 aromatic carbocycles. The molecule has 0 aromatic heterocycles. The van der Waals surface area contributed by atoms with Crippen LogP contribution in [-0.4, -0.2) is 11.6 Å². The second-order valence-electron chi connectivity index (χ2n) is 3.57. The first-order valence-corrected chi connectivity index (χ1v) is 7.45. The molecule has 0 unspecified atom stereocenters. The summed E-state index contributed by atoms with van der Waals surface area (Å²) in [6, 6.07) is 13.5. The predicted molar refractivity (Wildman–Crippen MR) is 88.8 cm³/mol. The highest BCUT2D eigenvalue weighted by Gasteiger charge is 2.09. The van der Waals surface area contributed by atoms with Gasteiger partial charge in [0.1, 0.15) is 0 Å². The molecule has 96 valence electrons. The Kier molecular flexibility index (Phi) is 5.40. The Morgan fingerprint density at radius 1 is 1.05 bits per heavy atom. The molecule has 0 spiro atoms. The minimum atomic E-state index is 0.581. The SMILES string of the molecule is S=CC=Nc1cc(Cl)c(Sc2ccccc2)c(Cl)c1. The number of hydrogen-bond acceptors (Lipinski definition) is 3. The topological polar surface area (TPSA) is 12.4 Å². The summed E-state index contributed by atoms with van der Waals surface area (Å²) in [6.45, 7) is 0. The van der Waals surface area contributed by atoms with Gasteiger partial charge in [-0.3, -0.25) is 4.99 Å². The number of nitrogens with zero attached hydrogens (tertiary/aromatic N) is 1. The van der Waals surface area contributed by atoms with Crippen LogP contribution in [0.2, 0.25) is 10.0 Å². The Labute approximate surface area is 131 Å². The molecule has 19 heavy (non-hydrogen) atoms. The van der Waals surface area contributed by atoms with Crippen LogP contribution < -0.4 is 0 Å². The van der Waals surface area contributed by atoms with Crippen LogP contribution in [0.4, 0.5) is 5.69 Å². The highest BCUT2D eigenvalue weighted by Crippen LogP contribution is 2.40. The molecular formula is C14H9Cl2NS2. The first-order valence-electron chi connectivity index (χ1n) is 5.40. The molecule has 2 aromatic rings. The summed E-state index contributed by atoms with van der Waals surface area (Å²) < 4.78 is 0. The van der Waals surface area contributed by atoms with Gasteiger partial charge < -0.3 is 0 Å². The summed E-state index contributed by atoms with van der Waals surface area (Å²) in [4.78, 5) is 6.05. The minimum absolute atomic E-state index is 0.581. The van der Waals surface area contributed by atoms with Gasteiger partial charge in [0.25, 0.3) is 0 Å². The standard InChI is InChI=1S/C14H9Cl2NS2/c15-12-8-10(17-6-7-18)9-13(16)14(12)19-11-4-2-1-3-5-11/h1-9H. The summed E-state index contributed by atoms with van der Waals surface area (Å²) in [6.07, 6.45) is 1.53. The molecule has 0 aliphatic heterocycles. The van der Waals surface area contributed by atoms with E-state index in [4.69, 9.17) is 23.2 Å². The molecule has 0 saturated heterocycles. The van der Waals surface area contributed by atoms with Gasteiger partial charge in [0.05, 0.1) is 15.7 Å². The van der Waals surface area contributed by atoms with Gasteiger partial charge in [-0.25, -0.2) is 0 Å². The van der Waals surface area contributed by atoms with Crippen LogP contribution in [0.1, 0.15) is 0 Å². The van der Waals surface area contributed by atoms with Crippen molar-refractivity contribution in [1.82, 2.24) is 0 Å². The van der Waals surface area contributed by atoms with Gasteiger partial charge >= 0.3 is 0 Å². The van der Waals surface area contributed by atoms with Crippen molar-refractivity contribution in [3.63, 3.8) is 0 Å². The third-order valence-corrected chi connectivity index (χ3v) is 4.32. The highest BCUT2D eigenvalue weighted by atomic mass is 35.5. The molecule has 0 bridgehead atoms. The van der Waals surface area contributed by atoms with Crippen molar-refractivity contribution >= 4 is 64.5 Å². The molecule has 5 heteroatoms. The van der Waals surface area contributed by atoms with E-state index >= 15 is 0 Å². The van der Waals surface area contributed by atoms with E-state index in [-0.39, 0.29) is 0 Å². The second-order valence-corrected chi connectivity index (χ2v) is 5.74. The Morgan fingerprint density at radius 2 is 1.68 bits per heavy atom. The molecule has 0 amide bonds. The molecule has 2 rings (SSSR count). The van der Waals surface area contributed by atoms with Crippen LogP contribution in [0.5, 0.6) is 0 Å². The van der Waals surface area contributed by atoms with Crippen molar-refractivity contribution in [2.75, 3.05) is 0 Å². The van der Waals surface area contributed by atoms with E-state index in [1.54, 1.807) is 12.1 Å². The van der Waals surface area contributed by atoms with Gasteiger partial charge in [0.2, 0.25) is 0 Å². The first-order chi connectivity index (χ1) is 9.20. The zero-order valence-electron chi connectivity index (χ0n) is 9.72. The Hall–Kier alpha value is -0.870. The van der Waals surface area contributed by atoms with Crippen molar-refractivity contribution in [3.05, 3.63) is 52.5 Å². The second kappa shape index (κ2) is 7.06. The van der Waals surface area contributed by atoms with E-state index < -0.39 is 0 Å². The maximum absolute atomic E-state index is 6.25. The molecule has 0 heterocycles. The van der Waals surface area contributed by atoms with E-state index in [9.17, 15) is 0 Å². The molecule has 0 aliphatic rings. The molecule has 0 radical (unpaired) electrons. The van der Waals surface area contributed by atoms with Crippen LogP contribution in [0, 0.1) is 0 Å². The number of hydrogen-bond donors (Lipinski definition) is 0. The lowest BCUT2D eigenvalue weighted by molar-refractivity contribution is 1.39. The maximum atomic E-state index is 6.25. The summed E-state index contributed by atoms with van der Waals surface area (Å²) in [5, 5.41) is 2.60. The molecule has 0 aliphatic carbocycles. The Bertz CT molecular complexity index is 589.